The Labute approximate surface area is 166 Å². The first kappa shape index (κ1) is 20.1. The molecule has 2 aliphatic rings. The van der Waals surface area contributed by atoms with Gasteiger partial charge in [-0.1, -0.05) is 12.8 Å². The van der Waals surface area contributed by atoms with Crippen LogP contribution < -0.4 is 21.9 Å². The molecule has 4 rings (SSSR count). The van der Waals surface area contributed by atoms with E-state index in [-0.39, 0.29) is 17.9 Å². The van der Waals surface area contributed by atoms with Crippen LogP contribution in [0, 0.1) is 0 Å². The van der Waals surface area contributed by atoms with Crippen molar-refractivity contribution in [1.82, 2.24) is 24.9 Å². The van der Waals surface area contributed by atoms with Crippen molar-refractivity contribution >= 4 is 22.9 Å². The number of alkyl halides is 3. The van der Waals surface area contributed by atoms with Gasteiger partial charge < -0.3 is 21.0 Å². The molecule has 0 atom stereocenters. The summed E-state index contributed by atoms with van der Waals surface area (Å²) in [5, 5.41) is 3.34. The van der Waals surface area contributed by atoms with Crippen LogP contribution in [0.15, 0.2) is 6.33 Å². The molecule has 29 heavy (non-hydrogen) atoms. The minimum absolute atomic E-state index is 0.200. The molecule has 160 valence electrons. The Morgan fingerprint density at radius 3 is 2.48 bits per heavy atom. The molecule has 0 radical (unpaired) electrons. The molecule has 8 nitrogen and oxygen atoms in total. The highest BCUT2D eigenvalue weighted by Gasteiger charge is 2.27. The zero-order valence-corrected chi connectivity index (χ0v) is 16.2. The van der Waals surface area contributed by atoms with E-state index in [1.807, 2.05) is 4.57 Å². The number of fused-ring (bicyclic) bond motifs is 1. The van der Waals surface area contributed by atoms with Gasteiger partial charge >= 0.3 is 6.18 Å². The highest BCUT2D eigenvalue weighted by atomic mass is 19.4. The number of nitrogens with zero attached hydrogens (tertiary/aromatic N) is 4. The number of imidazole rings is 1. The van der Waals surface area contributed by atoms with E-state index in [1.54, 1.807) is 6.33 Å². The van der Waals surface area contributed by atoms with Gasteiger partial charge in [0.05, 0.1) is 6.33 Å². The molecule has 0 unspecified atom stereocenters. The van der Waals surface area contributed by atoms with Crippen molar-refractivity contribution in [2.45, 2.75) is 75.7 Å². The third-order valence-corrected chi connectivity index (χ3v) is 5.74. The van der Waals surface area contributed by atoms with E-state index in [1.165, 1.54) is 0 Å². The number of hydrogen-bond acceptors (Lipinski definition) is 7. The van der Waals surface area contributed by atoms with E-state index in [4.69, 9.17) is 5.73 Å². The lowest BCUT2D eigenvalue weighted by Gasteiger charge is -2.27. The van der Waals surface area contributed by atoms with Gasteiger partial charge in [0.25, 0.3) is 0 Å². The maximum absolute atomic E-state index is 12.5. The van der Waals surface area contributed by atoms with Crippen LogP contribution in [0.3, 0.4) is 0 Å². The van der Waals surface area contributed by atoms with Gasteiger partial charge in [0, 0.05) is 18.1 Å². The third kappa shape index (κ3) is 4.89. The molecule has 0 aromatic carbocycles. The van der Waals surface area contributed by atoms with E-state index in [9.17, 15) is 13.2 Å². The monoisotopic (exact) mass is 412 g/mol. The van der Waals surface area contributed by atoms with Crippen LogP contribution in [0.25, 0.3) is 11.2 Å². The van der Waals surface area contributed by atoms with Crippen molar-refractivity contribution in [3.63, 3.8) is 0 Å². The molecule has 2 aliphatic carbocycles. The molecule has 0 bridgehead atoms. The summed E-state index contributed by atoms with van der Waals surface area (Å²) in [6, 6.07) is 0.738. The lowest BCUT2D eigenvalue weighted by molar-refractivity contribution is -0.123. The van der Waals surface area contributed by atoms with Crippen molar-refractivity contribution in [3.8, 4) is 0 Å². The van der Waals surface area contributed by atoms with Gasteiger partial charge in [-0.05, 0) is 38.5 Å². The standard InChI is InChI=1S/C18H27F3N8/c19-18(20,21)9-24-28-15-14-16(29(10-23-14)13-3-1-2-4-13)27-17(26-15)25-12-7-5-11(22)6-8-12/h10-13,24H,1-9,22H2,(H2,25,26,27,28). The number of halogens is 3. The second-order valence-corrected chi connectivity index (χ2v) is 8.01. The predicted octanol–water partition coefficient (Wildman–Crippen LogP) is 3.10. The Kier molecular flexibility index (Phi) is 5.77. The van der Waals surface area contributed by atoms with Crippen LogP contribution in [0.4, 0.5) is 24.9 Å². The minimum Gasteiger partial charge on any atom is -0.351 e. The van der Waals surface area contributed by atoms with E-state index >= 15 is 0 Å². The van der Waals surface area contributed by atoms with Gasteiger partial charge in [-0.15, -0.1) is 0 Å². The molecular formula is C18H27F3N8. The third-order valence-electron chi connectivity index (χ3n) is 5.74. The number of anilines is 2. The Morgan fingerprint density at radius 1 is 1.07 bits per heavy atom. The van der Waals surface area contributed by atoms with Gasteiger partial charge in [0.1, 0.15) is 6.54 Å². The van der Waals surface area contributed by atoms with Gasteiger partial charge in [-0.25, -0.2) is 10.4 Å². The Morgan fingerprint density at radius 2 is 1.79 bits per heavy atom. The fourth-order valence-corrected chi connectivity index (χ4v) is 4.19. The minimum atomic E-state index is -4.33. The highest BCUT2D eigenvalue weighted by molar-refractivity contribution is 5.84. The highest BCUT2D eigenvalue weighted by Crippen LogP contribution is 2.33. The van der Waals surface area contributed by atoms with E-state index in [0.717, 1.165) is 51.4 Å². The quantitative estimate of drug-likeness (QED) is 0.540. The first-order valence-corrected chi connectivity index (χ1v) is 10.2. The molecule has 0 aliphatic heterocycles. The Bertz CT molecular complexity index is 822. The molecule has 11 heteroatoms. The Balaban J connectivity index is 1.60. The largest absolute Gasteiger partial charge is 0.402 e. The Hall–Kier alpha value is -2.14. The van der Waals surface area contributed by atoms with Crippen LogP contribution in [-0.4, -0.2) is 44.3 Å². The van der Waals surface area contributed by atoms with E-state index < -0.39 is 12.7 Å². The normalized spacial score (nSPS) is 23.6. The first-order chi connectivity index (χ1) is 13.9. The van der Waals surface area contributed by atoms with Crippen molar-refractivity contribution < 1.29 is 13.2 Å². The molecule has 5 N–H and O–H groups in total. The summed E-state index contributed by atoms with van der Waals surface area (Å²) in [5.74, 6) is 0.639. The number of nitrogens with two attached hydrogens (primary N) is 1. The molecule has 0 saturated heterocycles. The second-order valence-electron chi connectivity index (χ2n) is 8.01. The van der Waals surface area contributed by atoms with Crippen molar-refractivity contribution in [3.05, 3.63) is 6.33 Å². The van der Waals surface area contributed by atoms with Gasteiger partial charge in [-0.3, -0.25) is 0 Å². The van der Waals surface area contributed by atoms with Gasteiger partial charge in [0.15, 0.2) is 17.0 Å². The summed E-state index contributed by atoms with van der Waals surface area (Å²) in [7, 11) is 0. The van der Waals surface area contributed by atoms with Crippen LogP contribution in [-0.2, 0) is 0 Å². The summed E-state index contributed by atoms with van der Waals surface area (Å²) in [6.07, 6.45) is 5.48. The lowest BCUT2D eigenvalue weighted by Crippen LogP contribution is -2.34. The fourth-order valence-electron chi connectivity index (χ4n) is 4.19. The average Bonchev–Trinajstić information content (AvgIpc) is 3.32. The zero-order valence-electron chi connectivity index (χ0n) is 16.2. The van der Waals surface area contributed by atoms with Crippen molar-refractivity contribution in [1.29, 1.82) is 0 Å². The molecule has 2 saturated carbocycles. The van der Waals surface area contributed by atoms with Crippen LogP contribution in [0.1, 0.15) is 57.4 Å². The van der Waals surface area contributed by atoms with Crippen molar-refractivity contribution in [2.24, 2.45) is 5.73 Å². The van der Waals surface area contributed by atoms with Crippen LogP contribution in [0.5, 0.6) is 0 Å². The predicted molar refractivity (Wildman–Crippen MR) is 104 cm³/mol. The summed E-state index contributed by atoms with van der Waals surface area (Å²) in [4.78, 5) is 13.5. The number of hydrogen-bond donors (Lipinski definition) is 4. The van der Waals surface area contributed by atoms with E-state index in [0.29, 0.717) is 23.2 Å². The smallest absolute Gasteiger partial charge is 0.351 e. The molecule has 0 amide bonds. The topological polar surface area (TPSA) is 106 Å². The summed E-state index contributed by atoms with van der Waals surface area (Å²) in [5.41, 5.74) is 11.8. The maximum Gasteiger partial charge on any atom is 0.402 e. The molecule has 0 spiro atoms. The molecule has 2 heterocycles. The summed E-state index contributed by atoms with van der Waals surface area (Å²) in [6.45, 7) is -1.18. The fraction of sp³-hybridized carbons (Fsp3) is 0.722. The lowest BCUT2D eigenvalue weighted by atomic mass is 9.92. The second kappa shape index (κ2) is 8.31. The van der Waals surface area contributed by atoms with E-state index in [2.05, 4.69) is 31.1 Å². The number of rotatable bonds is 6. The SMILES string of the molecule is NC1CCC(Nc2nc(NNCC(F)(F)F)c3ncn(C4CCCC4)c3n2)CC1. The molecule has 2 aromatic rings. The number of nitrogens with one attached hydrogen (secondary N) is 3. The first-order valence-electron chi connectivity index (χ1n) is 10.2. The summed E-state index contributed by atoms with van der Waals surface area (Å²) < 4.78 is 39.6. The van der Waals surface area contributed by atoms with Crippen molar-refractivity contribution in [2.75, 3.05) is 17.3 Å². The average molecular weight is 412 g/mol. The van der Waals surface area contributed by atoms with Crippen LogP contribution >= 0.6 is 0 Å². The molecular weight excluding hydrogens is 385 g/mol. The van der Waals surface area contributed by atoms with Crippen LogP contribution in [0.2, 0.25) is 0 Å². The zero-order chi connectivity index (χ0) is 20.4. The maximum atomic E-state index is 12.5. The van der Waals surface area contributed by atoms with Gasteiger partial charge in [-0.2, -0.15) is 23.1 Å². The molecule has 2 aromatic heterocycles. The number of hydrazine groups is 1. The summed E-state index contributed by atoms with van der Waals surface area (Å²) >= 11 is 0. The van der Waals surface area contributed by atoms with Gasteiger partial charge in [0.2, 0.25) is 5.95 Å². The molecule has 2 fully saturated rings. The number of aromatic nitrogens is 4.